The van der Waals surface area contributed by atoms with Crippen LogP contribution in [0.2, 0.25) is 0 Å². The second-order valence-electron chi connectivity index (χ2n) is 5.94. The van der Waals surface area contributed by atoms with Gasteiger partial charge in [-0.15, -0.1) is 0 Å². The van der Waals surface area contributed by atoms with Crippen LogP contribution in [0, 0.1) is 13.8 Å². The Morgan fingerprint density at radius 2 is 1.96 bits per heavy atom. The molecule has 1 heterocycles. The molecule has 0 fully saturated rings. The number of nitrogens with one attached hydrogen (secondary N) is 2. The fraction of sp³-hybridized carbons (Fsp3) is 0.222. The van der Waals surface area contributed by atoms with Gasteiger partial charge in [-0.2, -0.15) is 0 Å². The van der Waals surface area contributed by atoms with Crippen molar-refractivity contribution in [1.29, 1.82) is 0 Å². The summed E-state index contributed by atoms with van der Waals surface area (Å²) in [5, 5.41) is 3.11. The molecular formula is C18H19BrN2O3S. The van der Waals surface area contributed by atoms with E-state index in [4.69, 9.17) is 4.74 Å². The van der Waals surface area contributed by atoms with E-state index in [-0.39, 0.29) is 4.90 Å². The third-order valence-electron chi connectivity index (χ3n) is 4.08. The number of benzene rings is 2. The smallest absolute Gasteiger partial charge is 0.265 e. The summed E-state index contributed by atoms with van der Waals surface area (Å²) in [5.41, 5.74) is 3.90. The Morgan fingerprint density at radius 3 is 2.68 bits per heavy atom. The molecule has 5 nitrogen and oxygen atoms in total. The van der Waals surface area contributed by atoms with E-state index in [2.05, 4.69) is 32.5 Å². The van der Waals surface area contributed by atoms with Gasteiger partial charge in [0.1, 0.15) is 17.3 Å². The van der Waals surface area contributed by atoms with Gasteiger partial charge in [0.2, 0.25) is 0 Å². The number of ether oxygens (including phenoxy) is 1. The maximum atomic E-state index is 13.0. The summed E-state index contributed by atoms with van der Waals surface area (Å²) < 4.78 is 34.9. The summed E-state index contributed by atoms with van der Waals surface area (Å²) in [4.78, 5) is 0.0833. The van der Waals surface area contributed by atoms with Gasteiger partial charge in [0.25, 0.3) is 10.0 Å². The monoisotopic (exact) mass is 422 g/mol. The van der Waals surface area contributed by atoms with E-state index in [0.29, 0.717) is 40.3 Å². The van der Waals surface area contributed by atoms with E-state index in [9.17, 15) is 8.42 Å². The van der Waals surface area contributed by atoms with E-state index < -0.39 is 10.0 Å². The van der Waals surface area contributed by atoms with E-state index >= 15 is 0 Å². The van der Waals surface area contributed by atoms with Crippen LogP contribution in [-0.4, -0.2) is 21.6 Å². The first-order valence-corrected chi connectivity index (χ1v) is 10.0. The molecule has 3 rings (SSSR count). The molecule has 0 saturated carbocycles. The molecule has 1 aliphatic rings. The molecule has 0 atom stereocenters. The predicted molar refractivity (Wildman–Crippen MR) is 103 cm³/mol. The number of aryl methyl sites for hydroxylation is 2. The second kappa shape index (κ2) is 6.72. The number of sulfonamides is 1. The third-order valence-corrected chi connectivity index (χ3v) is 5.92. The zero-order chi connectivity index (χ0) is 18.2. The summed E-state index contributed by atoms with van der Waals surface area (Å²) in [5.74, 6) is 0.314. The lowest BCUT2D eigenvalue weighted by atomic mass is 10.1. The maximum Gasteiger partial charge on any atom is 0.265 e. The van der Waals surface area contributed by atoms with Gasteiger partial charge in [0.15, 0.2) is 0 Å². The van der Waals surface area contributed by atoms with Crippen molar-refractivity contribution in [2.24, 2.45) is 0 Å². The van der Waals surface area contributed by atoms with Crippen LogP contribution in [-0.2, 0) is 10.0 Å². The predicted octanol–water partition coefficient (Wildman–Crippen LogP) is 3.82. The molecule has 7 heteroatoms. The molecule has 0 radical (unpaired) electrons. The van der Waals surface area contributed by atoms with E-state index in [0.717, 1.165) is 11.1 Å². The highest BCUT2D eigenvalue weighted by Gasteiger charge is 2.26. The van der Waals surface area contributed by atoms with Gasteiger partial charge < -0.3 is 10.1 Å². The highest BCUT2D eigenvalue weighted by atomic mass is 79.9. The molecule has 0 saturated heterocycles. The molecule has 0 spiro atoms. The molecule has 0 bridgehead atoms. The average molecular weight is 423 g/mol. The number of fused-ring (bicyclic) bond motifs is 1. The minimum absolute atomic E-state index is 0.0833. The highest BCUT2D eigenvalue weighted by Crippen LogP contribution is 2.36. The maximum absolute atomic E-state index is 13.0. The second-order valence-corrected chi connectivity index (χ2v) is 8.51. The Kier molecular flexibility index (Phi) is 4.79. The van der Waals surface area contributed by atoms with Crippen LogP contribution >= 0.6 is 15.9 Å². The average Bonchev–Trinajstić information content (AvgIpc) is 2.72. The zero-order valence-corrected chi connectivity index (χ0v) is 16.4. The number of hydrogen-bond donors (Lipinski definition) is 2. The molecule has 2 aromatic carbocycles. The lowest BCUT2D eigenvalue weighted by molar-refractivity contribution is 0.319. The van der Waals surface area contributed by atoms with Gasteiger partial charge in [0.05, 0.1) is 0 Å². The van der Waals surface area contributed by atoms with Gasteiger partial charge >= 0.3 is 0 Å². The summed E-state index contributed by atoms with van der Waals surface area (Å²) in [6.07, 6.45) is 0. The Balaban J connectivity index is 2.08. The van der Waals surface area contributed by atoms with Crippen molar-refractivity contribution in [3.05, 3.63) is 58.1 Å². The number of rotatable bonds is 3. The van der Waals surface area contributed by atoms with Gasteiger partial charge in [-0.05, 0) is 49.2 Å². The molecule has 2 N–H and O–H groups in total. The van der Waals surface area contributed by atoms with E-state index in [1.807, 2.05) is 26.0 Å². The van der Waals surface area contributed by atoms with Crippen molar-refractivity contribution in [3.63, 3.8) is 0 Å². The number of halogens is 1. The highest BCUT2D eigenvalue weighted by molar-refractivity contribution is 9.10. The van der Waals surface area contributed by atoms with Crippen LogP contribution in [0.25, 0.3) is 5.70 Å². The zero-order valence-electron chi connectivity index (χ0n) is 14.0. The van der Waals surface area contributed by atoms with Crippen molar-refractivity contribution in [3.8, 4) is 5.75 Å². The third kappa shape index (κ3) is 3.67. The summed E-state index contributed by atoms with van der Waals surface area (Å²) in [6.45, 7) is 8.81. The van der Waals surface area contributed by atoms with Crippen LogP contribution in [0.3, 0.4) is 0 Å². The van der Waals surface area contributed by atoms with Gasteiger partial charge in [-0.25, -0.2) is 8.42 Å². The van der Waals surface area contributed by atoms with Gasteiger partial charge in [-0.1, -0.05) is 28.6 Å². The minimum atomic E-state index is -3.82. The molecule has 0 aliphatic carbocycles. The molecule has 0 amide bonds. The normalized spacial score (nSPS) is 14.1. The molecular weight excluding hydrogens is 404 g/mol. The fourth-order valence-corrected chi connectivity index (χ4v) is 4.46. The van der Waals surface area contributed by atoms with Crippen LogP contribution in [0.4, 0.5) is 5.69 Å². The lowest BCUT2D eigenvalue weighted by Crippen LogP contribution is -2.16. The first-order valence-electron chi connectivity index (χ1n) is 7.77. The van der Waals surface area contributed by atoms with Crippen molar-refractivity contribution in [1.82, 2.24) is 5.32 Å². The molecule has 25 heavy (non-hydrogen) atoms. The SMILES string of the molecule is C=C1NCCOc2c1cc(Br)cc2S(=O)(=O)Nc1ccc(C)c(C)c1. The van der Waals surface area contributed by atoms with Crippen molar-refractivity contribution in [2.75, 3.05) is 17.9 Å². The minimum Gasteiger partial charge on any atom is -0.490 e. The van der Waals surface area contributed by atoms with Gasteiger partial charge in [-0.3, -0.25) is 4.72 Å². The Labute approximate surface area is 156 Å². The van der Waals surface area contributed by atoms with Crippen molar-refractivity contribution in [2.45, 2.75) is 18.7 Å². The van der Waals surface area contributed by atoms with Crippen molar-refractivity contribution >= 4 is 37.3 Å². The van der Waals surface area contributed by atoms with Crippen LogP contribution < -0.4 is 14.8 Å². The Morgan fingerprint density at radius 1 is 1.20 bits per heavy atom. The Hall–Kier alpha value is -1.99. The van der Waals surface area contributed by atoms with Crippen LogP contribution in [0.15, 0.2) is 46.3 Å². The Bertz CT molecular complexity index is 955. The van der Waals surface area contributed by atoms with Gasteiger partial charge in [0, 0.05) is 28.0 Å². The molecule has 1 aliphatic heterocycles. The molecule has 0 aromatic heterocycles. The number of anilines is 1. The summed E-state index contributed by atoms with van der Waals surface area (Å²) in [6, 6.07) is 8.78. The lowest BCUT2D eigenvalue weighted by Gasteiger charge is -2.16. The van der Waals surface area contributed by atoms with E-state index in [1.165, 1.54) is 0 Å². The topological polar surface area (TPSA) is 67.4 Å². The number of hydrogen-bond acceptors (Lipinski definition) is 4. The van der Waals surface area contributed by atoms with E-state index in [1.54, 1.807) is 18.2 Å². The molecule has 132 valence electrons. The first kappa shape index (κ1) is 17.8. The quantitative estimate of drug-likeness (QED) is 0.788. The summed E-state index contributed by atoms with van der Waals surface area (Å²) >= 11 is 3.38. The van der Waals surface area contributed by atoms with Crippen LogP contribution in [0.5, 0.6) is 5.75 Å². The first-order chi connectivity index (χ1) is 11.8. The molecule has 2 aromatic rings. The standard InChI is InChI=1S/C18H19BrN2O3S/c1-11-4-5-15(8-12(11)2)21-25(22,23)17-10-14(19)9-16-13(3)20-6-7-24-18(16)17/h4-5,8-10,20-21H,3,6-7H2,1-2H3. The molecule has 0 unspecified atom stereocenters. The summed E-state index contributed by atoms with van der Waals surface area (Å²) in [7, 11) is -3.82. The largest absolute Gasteiger partial charge is 0.490 e. The van der Waals surface area contributed by atoms with Crippen LogP contribution in [0.1, 0.15) is 16.7 Å². The van der Waals surface area contributed by atoms with Crippen molar-refractivity contribution < 1.29 is 13.2 Å². The fourth-order valence-electron chi connectivity index (χ4n) is 2.61.